The molecule has 3 aromatic heterocycles. The molecule has 0 spiro atoms. The fraction of sp³-hybridized carbons (Fsp3) is 0.524. The molecule has 0 aliphatic heterocycles. The van der Waals surface area contributed by atoms with E-state index in [1.54, 1.807) is 6.92 Å². The summed E-state index contributed by atoms with van der Waals surface area (Å²) in [4.78, 5) is 21.6. The van der Waals surface area contributed by atoms with E-state index < -0.39 is 5.97 Å². The van der Waals surface area contributed by atoms with Crippen molar-refractivity contribution < 1.29 is 14.1 Å². The van der Waals surface area contributed by atoms with Crippen LogP contribution in [0.25, 0.3) is 22.3 Å². The first-order chi connectivity index (χ1) is 14.1. The molecule has 2 saturated carbocycles. The number of ether oxygens (including phenoxy) is 1. The van der Waals surface area contributed by atoms with Gasteiger partial charge in [0.25, 0.3) is 0 Å². The van der Waals surface area contributed by atoms with Crippen molar-refractivity contribution in [3.8, 4) is 11.3 Å². The molecule has 2 aliphatic rings. The molecule has 0 N–H and O–H groups in total. The zero-order valence-corrected chi connectivity index (χ0v) is 17.3. The second kappa shape index (κ2) is 7.13. The largest absolute Gasteiger partial charge is 0.462 e. The number of fused-ring (bicyclic) bond motifs is 1. The normalized spacial score (nSPS) is 17.3. The van der Waals surface area contributed by atoms with Crippen LogP contribution in [0.5, 0.6) is 0 Å². The molecule has 3 heterocycles. The van der Waals surface area contributed by atoms with Crippen LogP contribution in [0, 0.1) is 6.92 Å². The molecule has 0 bridgehead atoms. The summed E-state index contributed by atoms with van der Waals surface area (Å²) in [6.07, 6.45) is 8.07. The Morgan fingerprint density at radius 3 is 2.72 bits per heavy atom. The molecule has 2 aliphatic carbocycles. The van der Waals surface area contributed by atoms with Gasteiger partial charge < -0.3 is 13.8 Å². The van der Waals surface area contributed by atoms with Gasteiger partial charge in [-0.25, -0.2) is 14.8 Å². The Labute approximate surface area is 173 Å². The summed E-state index contributed by atoms with van der Waals surface area (Å²) >= 11 is 6.54. The number of rotatable bonds is 5. The van der Waals surface area contributed by atoms with Crippen LogP contribution in [-0.2, 0) is 4.74 Å². The van der Waals surface area contributed by atoms with Gasteiger partial charge in [0.1, 0.15) is 28.4 Å². The van der Waals surface area contributed by atoms with Gasteiger partial charge in [0, 0.05) is 23.2 Å². The molecule has 3 aromatic rings. The monoisotopic (exact) mass is 414 g/mol. The number of halogens is 1. The Morgan fingerprint density at radius 1 is 1.28 bits per heavy atom. The molecule has 0 unspecified atom stereocenters. The summed E-state index contributed by atoms with van der Waals surface area (Å²) in [5, 5.41) is 5.42. The van der Waals surface area contributed by atoms with Crippen LogP contribution in [0.4, 0.5) is 0 Å². The topological polar surface area (TPSA) is 83.0 Å². The molecule has 0 amide bonds. The van der Waals surface area contributed by atoms with Crippen LogP contribution in [0.1, 0.15) is 79.2 Å². The highest BCUT2D eigenvalue weighted by Crippen LogP contribution is 2.47. The number of hydrogen-bond acceptors (Lipinski definition) is 6. The number of hydrogen-bond donors (Lipinski definition) is 0. The van der Waals surface area contributed by atoms with Crippen LogP contribution in [0.15, 0.2) is 10.9 Å². The molecule has 7 nitrogen and oxygen atoms in total. The Hall–Kier alpha value is -2.41. The van der Waals surface area contributed by atoms with Gasteiger partial charge >= 0.3 is 5.97 Å². The molecular formula is C21H23ClN4O3. The smallest absolute Gasteiger partial charge is 0.344 e. The van der Waals surface area contributed by atoms with Gasteiger partial charge in [-0.1, -0.05) is 29.6 Å². The van der Waals surface area contributed by atoms with Crippen LogP contribution in [0.2, 0.25) is 5.15 Å². The van der Waals surface area contributed by atoms with E-state index in [2.05, 4.69) is 19.7 Å². The van der Waals surface area contributed by atoms with E-state index in [0.29, 0.717) is 34.8 Å². The zero-order valence-electron chi connectivity index (χ0n) is 16.6. The number of nitrogens with zero attached hydrogens (tertiary/aromatic N) is 4. The molecule has 0 aromatic carbocycles. The average molecular weight is 415 g/mol. The fourth-order valence-corrected chi connectivity index (χ4v) is 4.83. The lowest BCUT2D eigenvalue weighted by atomic mass is 10.0. The van der Waals surface area contributed by atoms with Crippen molar-refractivity contribution in [2.75, 3.05) is 6.61 Å². The van der Waals surface area contributed by atoms with E-state index in [1.807, 2.05) is 6.92 Å². The maximum Gasteiger partial charge on any atom is 0.344 e. The second-order valence-corrected chi connectivity index (χ2v) is 8.25. The molecule has 0 saturated heterocycles. The minimum absolute atomic E-state index is 0.228. The van der Waals surface area contributed by atoms with Gasteiger partial charge in [0.2, 0.25) is 0 Å². The summed E-state index contributed by atoms with van der Waals surface area (Å²) in [5.41, 5.74) is 3.45. The van der Waals surface area contributed by atoms with Gasteiger partial charge in [-0.15, -0.1) is 0 Å². The van der Waals surface area contributed by atoms with Crippen LogP contribution < -0.4 is 0 Å². The van der Waals surface area contributed by atoms with E-state index in [0.717, 1.165) is 48.0 Å². The van der Waals surface area contributed by atoms with E-state index in [1.165, 1.54) is 19.2 Å². The van der Waals surface area contributed by atoms with Crippen molar-refractivity contribution in [1.82, 2.24) is 19.7 Å². The predicted octanol–water partition coefficient (Wildman–Crippen LogP) is 5.22. The van der Waals surface area contributed by atoms with Crippen molar-refractivity contribution in [2.45, 2.75) is 64.3 Å². The zero-order chi connectivity index (χ0) is 20.1. The number of carbonyl (C=O) groups excluding carboxylic acids is 1. The molecule has 0 radical (unpaired) electrons. The highest BCUT2D eigenvalue weighted by atomic mass is 35.5. The Balaban J connectivity index is 1.78. The maximum absolute atomic E-state index is 12.9. The van der Waals surface area contributed by atoms with Gasteiger partial charge in [-0.3, -0.25) is 0 Å². The van der Waals surface area contributed by atoms with Gasteiger partial charge in [0.15, 0.2) is 5.76 Å². The standard InChI is InChI=1S/C21H23ClN4O3/c1-3-28-21(27)16-17(25-29-18(16)12-8-9-12)14-11(2)26(13-6-4-5-7-13)20-15(14)19(22)23-10-24-20/h10,12-13H,3-9H2,1-2H3. The molecule has 2 fully saturated rings. The van der Waals surface area contributed by atoms with Crippen LogP contribution in [0.3, 0.4) is 0 Å². The van der Waals surface area contributed by atoms with Crippen molar-refractivity contribution in [3.63, 3.8) is 0 Å². The van der Waals surface area contributed by atoms with Gasteiger partial charge in [0.05, 0.1) is 12.0 Å². The summed E-state index contributed by atoms with van der Waals surface area (Å²) in [6, 6.07) is 0.359. The molecule has 5 rings (SSSR count). The van der Waals surface area contributed by atoms with E-state index in [9.17, 15) is 4.79 Å². The Bertz CT molecular complexity index is 1090. The first kappa shape index (κ1) is 18.6. The van der Waals surface area contributed by atoms with Gasteiger partial charge in [-0.05, 0) is 39.5 Å². The van der Waals surface area contributed by atoms with Crippen molar-refractivity contribution in [2.24, 2.45) is 0 Å². The van der Waals surface area contributed by atoms with Crippen molar-refractivity contribution in [1.29, 1.82) is 0 Å². The fourth-order valence-electron chi connectivity index (χ4n) is 4.61. The molecule has 152 valence electrons. The summed E-state index contributed by atoms with van der Waals surface area (Å²) < 4.78 is 13.3. The molecular weight excluding hydrogens is 392 g/mol. The van der Waals surface area contributed by atoms with Crippen molar-refractivity contribution in [3.05, 3.63) is 28.5 Å². The lowest BCUT2D eigenvalue weighted by Crippen LogP contribution is -2.09. The Morgan fingerprint density at radius 2 is 2.03 bits per heavy atom. The third-order valence-corrected chi connectivity index (χ3v) is 6.34. The minimum Gasteiger partial charge on any atom is -0.462 e. The average Bonchev–Trinajstić information content (AvgIpc) is 3.12. The van der Waals surface area contributed by atoms with Gasteiger partial charge in [-0.2, -0.15) is 0 Å². The lowest BCUT2D eigenvalue weighted by Gasteiger charge is -2.15. The first-order valence-corrected chi connectivity index (χ1v) is 10.7. The lowest BCUT2D eigenvalue weighted by molar-refractivity contribution is 0.0524. The van der Waals surface area contributed by atoms with Crippen molar-refractivity contribution >= 4 is 28.6 Å². The summed E-state index contributed by atoms with van der Waals surface area (Å²) in [6.45, 7) is 4.12. The Kier molecular flexibility index (Phi) is 4.57. The second-order valence-electron chi connectivity index (χ2n) is 7.90. The highest BCUT2D eigenvalue weighted by molar-refractivity contribution is 6.35. The summed E-state index contributed by atoms with van der Waals surface area (Å²) in [7, 11) is 0. The van der Waals surface area contributed by atoms with E-state index >= 15 is 0 Å². The van der Waals surface area contributed by atoms with Crippen LogP contribution in [-0.4, -0.2) is 32.3 Å². The summed E-state index contributed by atoms with van der Waals surface area (Å²) in [5.74, 6) is 0.443. The van der Waals surface area contributed by atoms with Crippen LogP contribution >= 0.6 is 11.6 Å². The number of aromatic nitrogens is 4. The molecule has 8 heteroatoms. The SMILES string of the molecule is CCOC(=O)c1c(-c2c(C)n(C3CCCC3)c3ncnc(Cl)c23)noc1C1CC1. The quantitative estimate of drug-likeness (QED) is 0.420. The predicted molar refractivity (Wildman–Crippen MR) is 108 cm³/mol. The number of carbonyl (C=O) groups is 1. The first-order valence-electron chi connectivity index (χ1n) is 10.3. The third kappa shape index (κ3) is 2.94. The third-order valence-electron chi connectivity index (χ3n) is 6.06. The van der Waals surface area contributed by atoms with E-state index in [-0.39, 0.29) is 5.92 Å². The number of esters is 1. The highest BCUT2D eigenvalue weighted by Gasteiger charge is 2.38. The maximum atomic E-state index is 12.9. The molecule has 0 atom stereocenters. The van der Waals surface area contributed by atoms with E-state index in [4.69, 9.17) is 20.9 Å². The molecule has 29 heavy (non-hydrogen) atoms. The minimum atomic E-state index is -0.403.